The number of aromatic nitrogens is 2. The van der Waals surface area contributed by atoms with Crippen molar-refractivity contribution in [1.82, 2.24) is 20.4 Å². The Bertz CT molecular complexity index is 787. The van der Waals surface area contributed by atoms with Gasteiger partial charge in [0, 0.05) is 31.0 Å². The summed E-state index contributed by atoms with van der Waals surface area (Å²) in [6.07, 6.45) is 0.839. The maximum atomic E-state index is 12.1. The van der Waals surface area contributed by atoms with Gasteiger partial charge in [0.2, 0.25) is 5.91 Å². The van der Waals surface area contributed by atoms with Crippen molar-refractivity contribution in [3.05, 3.63) is 47.3 Å². The van der Waals surface area contributed by atoms with Crippen LogP contribution in [0.15, 0.2) is 35.3 Å². The average Bonchev–Trinajstić information content (AvgIpc) is 2.87. The largest absolute Gasteiger partial charge is 0.357 e. The molecule has 0 radical (unpaired) electrons. The van der Waals surface area contributed by atoms with Gasteiger partial charge >= 0.3 is 0 Å². The molecule has 154 valence electrons. The number of para-hydroxylation sites is 1. The second-order valence-corrected chi connectivity index (χ2v) is 6.63. The van der Waals surface area contributed by atoms with E-state index in [1.54, 1.807) is 0 Å². The Labute approximate surface area is 184 Å². The molecule has 8 heteroatoms. The van der Waals surface area contributed by atoms with E-state index in [9.17, 15) is 4.79 Å². The molecule has 1 unspecified atom stereocenters. The Morgan fingerprint density at radius 3 is 2.50 bits per heavy atom. The van der Waals surface area contributed by atoms with Crippen LogP contribution in [0.25, 0.3) is 0 Å². The molecule has 1 atom stereocenters. The number of amides is 1. The maximum Gasteiger partial charge on any atom is 0.246 e. The number of benzene rings is 1. The Balaban J connectivity index is 0.00000392. The summed E-state index contributed by atoms with van der Waals surface area (Å²) in [5, 5.41) is 13.9. The van der Waals surface area contributed by atoms with Crippen molar-refractivity contribution in [2.45, 2.75) is 40.2 Å². The lowest BCUT2D eigenvalue weighted by Crippen LogP contribution is -2.43. The minimum absolute atomic E-state index is 0. The number of anilines is 1. The summed E-state index contributed by atoms with van der Waals surface area (Å²) in [4.78, 5) is 16.5. The number of aryl methyl sites for hydroxylation is 2. The monoisotopic (exact) mass is 498 g/mol. The second kappa shape index (κ2) is 11.7. The van der Waals surface area contributed by atoms with E-state index >= 15 is 0 Å². The normalized spacial score (nSPS) is 12.1. The number of hydrogen-bond acceptors (Lipinski definition) is 3. The van der Waals surface area contributed by atoms with Crippen molar-refractivity contribution in [2.75, 3.05) is 18.4 Å². The zero-order chi connectivity index (χ0) is 19.8. The van der Waals surface area contributed by atoms with Gasteiger partial charge in [-0.25, -0.2) is 4.99 Å². The summed E-state index contributed by atoms with van der Waals surface area (Å²) in [7, 11) is 1.96. The lowest BCUT2D eigenvalue weighted by molar-refractivity contribution is -0.114. The minimum Gasteiger partial charge on any atom is -0.357 e. The molecule has 0 bridgehead atoms. The molecular weight excluding hydrogens is 467 g/mol. The van der Waals surface area contributed by atoms with Crippen molar-refractivity contribution >= 4 is 41.5 Å². The number of hydrogen-bond donors (Lipinski definition) is 3. The number of rotatable bonds is 7. The molecule has 7 nitrogen and oxygen atoms in total. The molecule has 0 saturated carbocycles. The minimum atomic E-state index is -0.148. The highest BCUT2D eigenvalue weighted by Gasteiger charge is 2.14. The second-order valence-electron chi connectivity index (χ2n) is 6.63. The topological polar surface area (TPSA) is 83.3 Å². The van der Waals surface area contributed by atoms with Crippen LogP contribution in [0.2, 0.25) is 0 Å². The SMILES string of the molecule is CCNC(=NCC(=O)Nc1ccccc1)NC(C)Cc1c(C)nn(C)c1C.I. The highest BCUT2D eigenvalue weighted by Crippen LogP contribution is 2.14. The smallest absolute Gasteiger partial charge is 0.246 e. The first kappa shape index (κ1) is 23.9. The van der Waals surface area contributed by atoms with Gasteiger partial charge in [0.25, 0.3) is 0 Å². The van der Waals surface area contributed by atoms with Crippen LogP contribution < -0.4 is 16.0 Å². The van der Waals surface area contributed by atoms with E-state index in [0.717, 1.165) is 24.3 Å². The van der Waals surface area contributed by atoms with E-state index in [1.807, 2.05) is 55.9 Å². The highest BCUT2D eigenvalue weighted by molar-refractivity contribution is 14.0. The summed E-state index contributed by atoms with van der Waals surface area (Å²) < 4.78 is 1.91. The van der Waals surface area contributed by atoms with Crippen LogP contribution >= 0.6 is 24.0 Å². The van der Waals surface area contributed by atoms with Gasteiger partial charge in [0.1, 0.15) is 6.54 Å². The van der Waals surface area contributed by atoms with Gasteiger partial charge in [-0.1, -0.05) is 18.2 Å². The molecule has 0 aliphatic carbocycles. The molecule has 1 aromatic carbocycles. The molecule has 0 fully saturated rings. The third-order valence-corrected chi connectivity index (χ3v) is 4.33. The van der Waals surface area contributed by atoms with E-state index in [1.165, 1.54) is 11.3 Å². The number of nitrogens with one attached hydrogen (secondary N) is 3. The molecule has 2 aromatic rings. The summed E-state index contributed by atoms with van der Waals surface area (Å²) >= 11 is 0. The van der Waals surface area contributed by atoms with E-state index in [0.29, 0.717) is 5.96 Å². The standard InChI is InChI=1S/C20H30N6O.HI/c1-6-21-20(22-13-19(27)24-17-10-8-7-9-11-17)23-14(2)12-18-15(3)25-26(5)16(18)4;/h7-11,14H,6,12-13H2,1-5H3,(H,24,27)(H2,21,22,23);1H. The fraction of sp³-hybridized carbons (Fsp3) is 0.450. The molecular formula is C20H31IN6O. The fourth-order valence-corrected chi connectivity index (χ4v) is 2.90. The number of carbonyl (C=O) groups is 1. The molecule has 1 amide bonds. The van der Waals surface area contributed by atoms with Crippen molar-refractivity contribution in [3.8, 4) is 0 Å². The maximum absolute atomic E-state index is 12.1. The van der Waals surface area contributed by atoms with Crippen molar-refractivity contribution < 1.29 is 4.79 Å². The van der Waals surface area contributed by atoms with Gasteiger partial charge in [-0.05, 0) is 51.8 Å². The van der Waals surface area contributed by atoms with Crippen molar-refractivity contribution in [1.29, 1.82) is 0 Å². The van der Waals surface area contributed by atoms with Gasteiger partial charge in [-0.3, -0.25) is 9.48 Å². The molecule has 3 N–H and O–H groups in total. The van der Waals surface area contributed by atoms with Gasteiger partial charge in [-0.2, -0.15) is 5.10 Å². The zero-order valence-electron chi connectivity index (χ0n) is 17.2. The molecule has 2 rings (SSSR count). The van der Waals surface area contributed by atoms with Crippen LogP contribution in [0.3, 0.4) is 0 Å². The lowest BCUT2D eigenvalue weighted by Gasteiger charge is -2.18. The van der Waals surface area contributed by atoms with Gasteiger partial charge in [0.05, 0.1) is 5.69 Å². The predicted octanol–water partition coefficient (Wildman–Crippen LogP) is 2.78. The Kier molecular flexibility index (Phi) is 9.98. The Hall–Kier alpha value is -2.10. The lowest BCUT2D eigenvalue weighted by atomic mass is 10.1. The summed E-state index contributed by atoms with van der Waals surface area (Å²) in [5.74, 6) is 0.484. The quantitative estimate of drug-likeness (QED) is 0.312. The zero-order valence-corrected chi connectivity index (χ0v) is 19.6. The molecule has 0 aliphatic rings. The van der Waals surface area contributed by atoms with Crippen molar-refractivity contribution in [2.24, 2.45) is 12.0 Å². The van der Waals surface area contributed by atoms with E-state index < -0.39 is 0 Å². The first-order chi connectivity index (χ1) is 12.9. The first-order valence-corrected chi connectivity index (χ1v) is 9.29. The summed E-state index contributed by atoms with van der Waals surface area (Å²) in [6.45, 7) is 8.99. The summed E-state index contributed by atoms with van der Waals surface area (Å²) in [6, 6.07) is 9.54. The Morgan fingerprint density at radius 2 is 1.93 bits per heavy atom. The van der Waals surface area contributed by atoms with Crippen LogP contribution in [0, 0.1) is 13.8 Å². The molecule has 0 spiro atoms. The predicted molar refractivity (Wildman–Crippen MR) is 125 cm³/mol. The molecule has 28 heavy (non-hydrogen) atoms. The van der Waals surface area contributed by atoms with E-state index in [2.05, 4.69) is 39.9 Å². The number of halogens is 1. The highest BCUT2D eigenvalue weighted by atomic mass is 127. The van der Waals surface area contributed by atoms with Crippen LogP contribution in [-0.4, -0.2) is 40.8 Å². The number of guanidine groups is 1. The fourth-order valence-electron chi connectivity index (χ4n) is 2.90. The molecule has 1 aromatic heterocycles. The van der Waals surface area contributed by atoms with E-state index in [-0.39, 0.29) is 42.5 Å². The van der Waals surface area contributed by atoms with Gasteiger partial charge in [-0.15, -0.1) is 24.0 Å². The number of carbonyl (C=O) groups excluding carboxylic acids is 1. The summed E-state index contributed by atoms with van der Waals surface area (Å²) in [5.41, 5.74) is 4.24. The molecule has 0 saturated heterocycles. The number of nitrogens with zero attached hydrogens (tertiary/aromatic N) is 3. The van der Waals surface area contributed by atoms with Crippen LogP contribution in [-0.2, 0) is 18.3 Å². The molecule has 1 heterocycles. The van der Waals surface area contributed by atoms with Crippen LogP contribution in [0.1, 0.15) is 30.8 Å². The van der Waals surface area contributed by atoms with Crippen molar-refractivity contribution in [3.63, 3.8) is 0 Å². The molecule has 0 aliphatic heterocycles. The van der Waals surface area contributed by atoms with Gasteiger partial charge in [0.15, 0.2) is 5.96 Å². The third kappa shape index (κ3) is 7.14. The average molecular weight is 498 g/mol. The van der Waals surface area contributed by atoms with Crippen LogP contribution in [0.4, 0.5) is 5.69 Å². The van der Waals surface area contributed by atoms with Crippen LogP contribution in [0.5, 0.6) is 0 Å². The van der Waals surface area contributed by atoms with Gasteiger partial charge < -0.3 is 16.0 Å². The Morgan fingerprint density at radius 1 is 1.25 bits per heavy atom. The first-order valence-electron chi connectivity index (χ1n) is 9.29. The van der Waals surface area contributed by atoms with E-state index in [4.69, 9.17) is 0 Å². The third-order valence-electron chi connectivity index (χ3n) is 4.33. The number of aliphatic imine (C=N–C) groups is 1.